The van der Waals surface area contributed by atoms with Crippen molar-refractivity contribution in [3.8, 4) is 6.07 Å². The number of anilines is 1. The van der Waals surface area contributed by atoms with Gasteiger partial charge in [0.05, 0.1) is 12.6 Å². The second kappa shape index (κ2) is 6.84. The molecule has 0 radical (unpaired) electrons. The standard InChI is InChI=1S/C22H22N2O2/c1-2-26-22(25)19(14-23)18-12-10-16-11-13-21(18)24(16)20-9-5-7-15-6-3-4-8-17(15)20/h3-9,16,21H,2,10-13H2,1H3/b19-18+. The smallest absolute Gasteiger partial charge is 0.348 e. The molecule has 4 heteroatoms. The van der Waals surface area contributed by atoms with Crippen molar-refractivity contribution in [3.63, 3.8) is 0 Å². The van der Waals surface area contributed by atoms with Gasteiger partial charge < -0.3 is 9.64 Å². The summed E-state index contributed by atoms with van der Waals surface area (Å²) < 4.78 is 5.13. The summed E-state index contributed by atoms with van der Waals surface area (Å²) in [6.07, 6.45) is 3.85. The number of esters is 1. The van der Waals surface area contributed by atoms with Gasteiger partial charge in [0.15, 0.2) is 0 Å². The highest BCUT2D eigenvalue weighted by molar-refractivity contribution is 5.96. The van der Waals surface area contributed by atoms with Crippen molar-refractivity contribution >= 4 is 22.4 Å². The summed E-state index contributed by atoms with van der Waals surface area (Å²) in [5.74, 6) is -0.479. The lowest BCUT2D eigenvalue weighted by Gasteiger charge is -2.39. The molecular weight excluding hydrogens is 324 g/mol. The fraction of sp³-hybridized carbons (Fsp3) is 0.364. The zero-order valence-electron chi connectivity index (χ0n) is 14.9. The Kier molecular flexibility index (Phi) is 4.38. The maximum absolute atomic E-state index is 12.3. The van der Waals surface area contributed by atoms with E-state index in [1.54, 1.807) is 6.92 Å². The average molecular weight is 346 g/mol. The van der Waals surface area contributed by atoms with Crippen LogP contribution in [-0.2, 0) is 9.53 Å². The number of nitrogens with zero attached hydrogens (tertiary/aromatic N) is 2. The van der Waals surface area contributed by atoms with E-state index in [1.165, 1.54) is 16.5 Å². The van der Waals surface area contributed by atoms with E-state index < -0.39 is 5.97 Å². The largest absolute Gasteiger partial charge is 0.462 e. The third kappa shape index (κ3) is 2.64. The highest BCUT2D eigenvalue weighted by atomic mass is 16.5. The maximum atomic E-state index is 12.3. The fourth-order valence-electron chi connectivity index (χ4n) is 4.54. The molecule has 2 fully saturated rings. The second-order valence-electron chi connectivity index (χ2n) is 6.92. The number of rotatable bonds is 3. The van der Waals surface area contributed by atoms with Crippen LogP contribution in [0.1, 0.15) is 32.6 Å². The Morgan fingerprint density at radius 3 is 2.81 bits per heavy atom. The van der Waals surface area contributed by atoms with Crippen LogP contribution in [0.5, 0.6) is 0 Å². The Hall–Kier alpha value is -2.80. The Labute approximate surface area is 153 Å². The van der Waals surface area contributed by atoms with Crippen molar-refractivity contribution < 1.29 is 9.53 Å². The molecule has 2 bridgehead atoms. The molecule has 2 aromatic carbocycles. The van der Waals surface area contributed by atoms with Gasteiger partial charge in [-0.2, -0.15) is 5.26 Å². The molecule has 132 valence electrons. The fourth-order valence-corrected chi connectivity index (χ4v) is 4.54. The molecule has 2 aliphatic heterocycles. The zero-order valence-corrected chi connectivity index (χ0v) is 14.9. The van der Waals surface area contributed by atoms with Gasteiger partial charge in [-0.05, 0) is 49.6 Å². The summed E-state index contributed by atoms with van der Waals surface area (Å²) in [7, 11) is 0. The highest BCUT2D eigenvalue weighted by Gasteiger charge is 2.42. The summed E-state index contributed by atoms with van der Waals surface area (Å²) in [5, 5.41) is 12.0. The molecule has 2 aromatic rings. The summed E-state index contributed by atoms with van der Waals surface area (Å²) in [5.41, 5.74) is 2.36. The average Bonchev–Trinajstić information content (AvgIpc) is 2.97. The number of fused-ring (bicyclic) bond motifs is 3. The third-order valence-electron chi connectivity index (χ3n) is 5.61. The van der Waals surface area contributed by atoms with Crippen LogP contribution < -0.4 is 4.90 Å². The van der Waals surface area contributed by atoms with Gasteiger partial charge in [0.2, 0.25) is 0 Å². The Morgan fingerprint density at radius 2 is 2.00 bits per heavy atom. The zero-order chi connectivity index (χ0) is 18.1. The van der Waals surface area contributed by atoms with Crippen molar-refractivity contribution in [2.75, 3.05) is 11.5 Å². The number of hydrogen-bond donors (Lipinski definition) is 0. The molecule has 0 amide bonds. The number of ether oxygens (including phenoxy) is 1. The summed E-state index contributed by atoms with van der Waals surface area (Å²) in [6.45, 7) is 2.06. The van der Waals surface area contributed by atoms with E-state index in [2.05, 4.69) is 53.4 Å². The van der Waals surface area contributed by atoms with E-state index in [4.69, 9.17) is 4.74 Å². The molecule has 4 nitrogen and oxygen atoms in total. The van der Waals surface area contributed by atoms with Gasteiger partial charge in [-0.15, -0.1) is 0 Å². The molecular formula is C22H22N2O2. The second-order valence-corrected chi connectivity index (χ2v) is 6.92. The van der Waals surface area contributed by atoms with Crippen LogP contribution in [-0.4, -0.2) is 24.7 Å². The molecule has 4 rings (SSSR count). The minimum Gasteiger partial charge on any atom is -0.462 e. The molecule has 0 saturated carbocycles. The molecule has 2 unspecified atom stereocenters. The number of carbonyl (C=O) groups excluding carboxylic acids is 1. The van der Waals surface area contributed by atoms with Gasteiger partial charge in [0, 0.05) is 17.1 Å². The third-order valence-corrected chi connectivity index (χ3v) is 5.61. The molecule has 2 saturated heterocycles. The molecule has 26 heavy (non-hydrogen) atoms. The van der Waals surface area contributed by atoms with Gasteiger partial charge in [-0.25, -0.2) is 4.79 Å². The van der Waals surface area contributed by atoms with E-state index in [0.717, 1.165) is 31.3 Å². The summed E-state index contributed by atoms with van der Waals surface area (Å²) in [6, 6.07) is 17.5. The first-order valence-corrected chi connectivity index (χ1v) is 9.31. The van der Waals surface area contributed by atoms with E-state index in [9.17, 15) is 10.1 Å². The van der Waals surface area contributed by atoms with Gasteiger partial charge in [0.25, 0.3) is 0 Å². The van der Waals surface area contributed by atoms with Crippen molar-refractivity contribution in [1.82, 2.24) is 0 Å². The topological polar surface area (TPSA) is 53.3 Å². The van der Waals surface area contributed by atoms with E-state index >= 15 is 0 Å². The predicted octanol–water partition coefficient (Wildman–Crippen LogP) is 4.35. The van der Waals surface area contributed by atoms with E-state index in [1.807, 2.05) is 0 Å². The molecule has 0 aliphatic carbocycles. The van der Waals surface area contributed by atoms with Crippen LogP contribution >= 0.6 is 0 Å². The van der Waals surface area contributed by atoms with Crippen molar-refractivity contribution in [2.45, 2.75) is 44.7 Å². The van der Waals surface area contributed by atoms with Crippen molar-refractivity contribution in [2.24, 2.45) is 0 Å². The molecule has 0 aromatic heterocycles. The molecule has 0 N–H and O–H groups in total. The van der Waals surface area contributed by atoms with Crippen LogP contribution in [0.2, 0.25) is 0 Å². The lowest BCUT2D eigenvalue weighted by Crippen LogP contribution is -2.42. The van der Waals surface area contributed by atoms with Gasteiger partial charge in [-0.3, -0.25) is 0 Å². The molecule has 2 atom stereocenters. The number of hydrogen-bond acceptors (Lipinski definition) is 4. The van der Waals surface area contributed by atoms with Crippen LogP contribution in [0.4, 0.5) is 5.69 Å². The number of carbonyl (C=O) groups is 1. The minimum atomic E-state index is -0.479. The van der Waals surface area contributed by atoms with E-state index in [0.29, 0.717) is 6.04 Å². The van der Waals surface area contributed by atoms with Gasteiger partial charge >= 0.3 is 5.97 Å². The SMILES string of the molecule is CCOC(=O)/C(C#N)=C1\CCC2CCC1N2c1cccc2ccccc12. The molecule has 0 spiro atoms. The van der Waals surface area contributed by atoms with Crippen LogP contribution in [0.25, 0.3) is 10.8 Å². The predicted molar refractivity (Wildman–Crippen MR) is 102 cm³/mol. The summed E-state index contributed by atoms with van der Waals surface area (Å²) in [4.78, 5) is 14.7. The lowest BCUT2D eigenvalue weighted by molar-refractivity contribution is -0.138. The number of benzene rings is 2. The number of piperidine rings is 1. The Bertz CT molecular complexity index is 920. The first-order chi connectivity index (χ1) is 12.7. The van der Waals surface area contributed by atoms with Crippen LogP contribution in [0.15, 0.2) is 53.6 Å². The van der Waals surface area contributed by atoms with Crippen molar-refractivity contribution in [3.05, 3.63) is 53.6 Å². The van der Waals surface area contributed by atoms with Gasteiger partial charge in [-0.1, -0.05) is 36.4 Å². The lowest BCUT2D eigenvalue weighted by atomic mass is 9.91. The quantitative estimate of drug-likeness (QED) is 0.471. The first-order valence-electron chi connectivity index (χ1n) is 9.31. The Balaban J connectivity index is 1.81. The molecule has 2 heterocycles. The minimum absolute atomic E-state index is 0.110. The molecule has 2 aliphatic rings. The summed E-state index contributed by atoms with van der Waals surface area (Å²) >= 11 is 0. The van der Waals surface area contributed by atoms with E-state index in [-0.39, 0.29) is 18.2 Å². The maximum Gasteiger partial charge on any atom is 0.348 e. The van der Waals surface area contributed by atoms with Gasteiger partial charge in [0.1, 0.15) is 11.6 Å². The normalized spacial score (nSPS) is 23.6. The van der Waals surface area contributed by atoms with Crippen LogP contribution in [0, 0.1) is 11.3 Å². The van der Waals surface area contributed by atoms with Crippen LogP contribution in [0.3, 0.4) is 0 Å². The monoisotopic (exact) mass is 346 g/mol. The highest BCUT2D eigenvalue weighted by Crippen LogP contribution is 2.44. The first kappa shape index (κ1) is 16.7. The van der Waals surface area contributed by atoms with Crippen molar-refractivity contribution in [1.29, 1.82) is 5.26 Å². The number of nitriles is 1. The Morgan fingerprint density at radius 1 is 1.19 bits per heavy atom.